The molecule has 1 nitrogen and oxygen atoms in total. The normalized spacial score (nSPS) is 23.3. The highest BCUT2D eigenvalue weighted by Gasteiger charge is 2.35. The number of hydrogen-bond donors (Lipinski definition) is 0. The Bertz CT molecular complexity index is 396. The van der Waals surface area contributed by atoms with Crippen LogP contribution in [-0.2, 0) is 11.2 Å². The molecule has 0 aromatic heterocycles. The Balaban J connectivity index is 2.53. The zero-order chi connectivity index (χ0) is 11.1. The van der Waals surface area contributed by atoms with Gasteiger partial charge in [0.05, 0.1) is 0 Å². The van der Waals surface area contributed by atoms with Crippen molar-refractivity contribution in [3.8, 4) is 0 Å². The van der Waals surface area contributed by atoms with E-state index < -0.39 is 0 Å². The number of hydrogen-bond acceptors (Lipinski definition) is 1. The van der Waals surface area contributed by atoms with Gasteiger partial charge in [0, 0.05) is 10.4 Å². The Morgan fingerprint density at radius 1 is 1.47 bits per heavy atom. The maximum absolute atomic E-state index is 11.2. The van der Waals surface area contributed by atoms with Crippen LogP contribution >= 0.6 is 15.9 Å². The van der Waals surface area contributed by atoms with Crippen LogP contribution in [-0.4, -0.2) is 6.29 Å². The molecule has 0 saturated heterocycles. The lowest BCUT2D eigenvalue weighted by atomic mass is 9.67. The van der Waals surface area contributed by atoms with Crippen LogP contribution in [0.3, 0.4) is 0 Å². The van der Waals surface area contributed by atoms with Crippen LogP contribution in [0.15, 0.2) is 22.7 Å². The van der Waals surface area contributed by atoms with E-state index >= 15 is 0 Å². The van der Waals surface area contributed by atoms with Crippen LogP contribution in [0.1, 0.15) is 37.3 Å². The molecule has 2 heteroatoms. The molecule has 80 valence electrons. The molecular weight excluding hydrogens is 252 g/mol. The second-order valence-corrected chi connectivity index (χ2v) is 5.86. The minimum absolute atomic E-state index is 0.0405. The molecule has 0 aliphatic heterocycles. The molecule has 0 N–H and O–H groups in total. The Morgan fingerprint density at radius 3 is 2.87 bits per heavy atom. The monoisotopic (exact) mass is 266 g/mol. The summed E-state index contributed by atoms with van der Waals surface area (Å²) in [6.45, 7) is 4.35. The standard InChI is InChI=1S/C13H15BrO/c1-13(2)6-5-9-3-4-10(14)7-11(9)12(13)8-15/h3-4,7-8,12H,5-6H2,1-2H3. The Morgan fingerprint density at radius 2 is 2.20 bits per heavy atom. The fourth-order valence-corrected chi connectivity index (χ4v) is 2.75. The van der Waals surface area contributed by atoms with Gasteiger partial charge in [-0.1, -0.05) is 35.8 Å². The fraction of sp³-hybridized carbons (Fsp3) is 0.462. The van der Waals surface area contributed by atoms with Crippen molar-refractivity contribution < 1.29 is 4.79 Å². The molecule has 1 aromatic carbocycles. The van der Waals surface area contributed by atoms with Gasteiger partial charge in [-0.25, -0.2) is 0 Å². The van der Waals surface area contributed by atoms with Gasteiger partial charge in [-0.3, -0.25) is 0 Å². The Labute approximate surface area is 99.0 Å². The summed E-state index contributed by atoms with van der Waals surface area (Å²) >= 11 is 3.47. The molecule has 0 amide bonds. The predicted molar refractivity (Wildman–Crippen MR) is 65.0 cm³/mol. The summed E-state index contributed by atoms with van der Waals surface area (Å²) in [6.07, 6.45) is 3.27. The highest BCUT2D eigenvalue weighted by atomic mass is 79.9. The van der Waals surface area contributed by atoms with Crippen molar-refractivity contribution in [1.29, 1.82) is 0 Å². The summed E-state index contributed by atoms with van der Waals surface area (Å²) in [5, 5.41) is 0. The van der Waals surface area contributed by atoms with Crippen molar-refractivity contribution in [1.82, 2.24) is 0 Å². The lowest BCUT2D eigenvalue weighted by molar-refractivity contribution is -0.111. The number of carbonyl (C=O) groups excluding carboxylic acids is 1. The van der Waals surface area contributed by atoms with Gasteiger partial charge < -0.3 is 4.79 Å². The van der Waals surface area contributed by atoms with Gasteiger partial charge >= 0.3 is 0 Å². The molecule has 0 spiro atoms. The molecule has 0 radical (unpaired) electrons. The maximum Gasteiger partial charge on any atom is 0.127 e. The van der Waals surface area contributed by atoms with Crippen LogP contribution < -0.4 is 0 Å². The number of aldehydes is 1. The van der Waals surface area contributed by atoms with E-state index in [1.807, 2.05) is 0 Å². The van der Waals surface area contributed by atoms with E-state index in [4.69, 9.17) is 0 Å². The Kier molecular flexibility index (Phi) is 2.72. The second-order valence-electron chi connectivity index (χ2n) is 4.95. The third-order valence-electron chi connectivity index (χ3n) is 3.46. The summed E-state index contributed by atoms with van der Waals surface area (Å²) in [7, 11) is 0. The van der Waals surface area contributed by atoms with Crippen molar-refractivity contribution >= 4 is 22.2 Å². The van der Waals surface area contributed by atoms with Crippen molar-refractivity contribution in [2.45, 2.75) is 32.6 Å². The number of fused-ring (bicyclic) bond motifs is 1. The zero-order valence-corrected chi connectivity index (χ0v) is 10.7. The highest BCUT2D eigenvalue weighted by Crippen LogP contribution is 2.44. The Hall–Kier alpha value is -0.630. The molecule has 1 unspecified atom stereocenters. The number of benzene rings is 1. The van der Waals surface area contributed by atoms with Crippen LogP contribution in [0.5, 0.6) is 0 Å². The SMILES string of the molecule is CC1(C)CCc2ccc(Br)cc2C1C=O. The quantitative estimate of drug-likeness (QED) is 0.709. The third kappa shape index (κ3) is 1.87. The summed E-state index contributed by atoms with van der Waals surface area (Å²) < 4.78 is 1.06. The highest BCUT2D eigenvalue weighted by molar-refractivity contribution is 9.10. The summed E-state index contributed by atoms with van der Waals surface area (Å²) in [6, 6.07) is 6.28. The van der Waals surface area contributed by atoms with Crippen LogP contribution in [0.25, 0.3) is 0 Å². The summed E-state index contributed by atoms with van der Waals surface area (Å²) in [5.74, 6) is 0.0405. The van der Waals surface area contributed by atoms with Crippen molar-refractivity contribution in [2.75, 3.05) is 0 Å². The van der Waals surface area contributed by atoms with Gasteiger partial charge in [-0.05, 0) is 41.5 Å². The van der Waals surface area contributed by atoms with Crippen molar-refractivity contribution in [3.63, 3.8) is 0 Å². The zero-order valence-electron chi connectivity index (χ0n) is 9.09. The van der Waals surface area contributed by atoms with Crippen LogP contribution in [0.2, 0.25) is 0 Å². The van der Waals surface area contributed by atoms with E-state index in [1.54, 1.807) is 0 Å². The molecule has 1 aliphatic carbocycles. The largest absolute Gasteiger partial charge is 0.303 e. The molecule has 2 rings (SSSR count). The van der Waals surface area contributed by atoms with Gasteiger partial charge in [0.1, 0.15) is 6.29 Å². The third-order valence-corrected chi connectivity index (χ3v) is 3.95. The van der Waals surface area contributed by atoms with E-state index in [1.165, 1.54) is 11.1 Å². The minimum Gasteiger partial charge on any atom is -0.303 e. The topological polar surface area (TPSA) is 17.1 Å². The van der Waals surface area contributed by atoms with Gasteiger partial charge in [0.15, 0.2) is 0 Å². The first-order valence-electron chi connectivity index (χ1n) is 5.28. The van der Waals surface area contributed by atoms with E-state index in [9.17, 15) is 4.79 Å². The van der Waals surface area contributed by atoms with Crippen LogP contribution in [0, 0.1) is 5.41 Å². The average molecular weight is 267 g/mol. The number of carbonyl (C=O) groups is 1. The number of halogens is 1. The number of aryl methyl sites for hydroxylation is 1. The lowest BCUT2D eigenvalue weighted by Gasteiger charge is -2.37. The lowest BCUT2D eigenvalue weighted by Crippen LogP contribution is -2.29. The van der Waals surface area contributed by atoms with Crippen molar-refractivity contribution in [3.05, 3.63) is 33.8 Å². The molecule has 0 heterocycles. The molecule has 0 bridgehead atoms. The first-order valence-corrected chi connectivity index (χ1v) is 6.07. The fourth-order valence-electron chi connectivity index (χ4n) is 2.37. The first-order chi connectivity index (χ1) is 7.04. The summed E-state index contributed by atoms with van der Waals surface area (Å²) in [4.78, 5) is 11.2. The van der Waals surface area contributed by atoms with Gasteiger partial charge in [-0.15, -0.1) is 0 Å². The molecular formula is C13H15BrO. The van der Waals surface area contributed by atoms with E-state index in [0.717, 1.165) is 23.6 Å². The van der Waals surface area contributed by atoms with Crippen molar-refractivity contribution in [2.24, 2.45) is 5.41 Å². The van der Waals surface area contributed by atoms with Crippen LogP contribution in [0.4, 0.5) is 0 Å². The smallest absolute Gasteiger partial charge is 0.127 e. The molecule has 0 saturated carbocycles. The second kappa shape index (κ2) is 3.75. The maximum atomic E-state index is 11.2. The number of rotatable bonds is 1. The molecule has 1 atom stereocenters. The van der Waals surface area contributed by atoms with Gasteiger partial charge in [0.2, 0.25) is 0 Å². The molecule has 1 aromatic rings. The molecule has 1 aliphatic rings. The first kappa shape index (κ1) is 10.9. The minimum atomic E-state index is 0.0405. The van der Waals surface area contributed by atoms with E-state index in [0.29, 0.717) is 0 Å². The average Bonchev–Trinajstić information content (AvgIpc) is 2.16. The van der Waals surface area contributed by atoms with Gasteiger partial charge in [-0.2, -0.15) is 0 Å². The van der Waals surface area contributed by atoms with E-state index in [-0.39, 0.29) is 11.3 Å². The molecule has 0 fully saturated rings. The summed E-state index contributed by atoms with van der Waals surface area (Å²) in [5.41, 5.74) is 2.63. The van der Waals surface area contributed by atoms with Gasteiger partial charge in [0.25, 0.3) is 0 Å². The van der Waals surface area contributed by atoms with E-state index in [2.05, 4.69) is 48.0 Å². The predicted octanol–water partition coefficient (Wildman–Crippen LogP) is 3.70. The molecule has 15 heavy (non-hydrogen) atoms.